The van der Waals surface area contributed by atoms with E-state index in [0.717, 1.165) is 0 Å². The Labute approximate surface area is 81.0 Å². The molecule has 0 saturated heterocycles. The molecule has 0 aliphatic rings. The van der Waals surface area contributed by atoms with Crippen molar-refractivity contribution in [1.82, 2.24) is 0 Å². The highest BCUT2D eigenvalue weighted by Crippen LogP contribution is 2.23. The van der Waals surface area contributed by atoms with Crippen LogP contribution >= 0.6 is 0 Å². The maximum Gasteiger partial charge on any atom is 0.165 e. The third-order valence-corrected chi connectivity index (χ3v) is 1.76. The molecule has 13 heavy (non-hydrogen) atoms. The van der Waals surface area contributed by atoms with E-state index in [0.29, 0.717) is 13.0 Å². The molecule has 0 radical (unpaired) electrons. The molecule has 0 fully saturated rings. The van der Waals surface area contributed by atoms with E-state index in [1.54, 1.807) is 6.08 Å². The average Bonchev–Trinajstić information content (AvgIpc) is 1.98. The van der Waals surface area contributed by atoms with Gasteiger partial charge in [0.05, 0.1) is 0 Å². The van der Waals surface area contributed by atoms with E-state index in [9.17, 15) is 4.79 Å². The van der Waals surface area contributed by atoms with Crippen LogP contribution in [0, 0.1) is 5.41 Å². The first-order valence-corrected chi connectivity index (χ1v) is 4.68. The highest BCUT2D eigenvalue weighted by atomic mass is 16.5. The Morgan fingerprint density at radius 1 is 1.54 bits per heavy atom. The van der Waals surface area contributed by atoms with Gasteiger partial charge in [-0.2, -0.15) is 0 Å². The third-order valence-electron chi connectivity index (χ3n) is 1.76. The number of allylic oxidation sites excluding steroid dienone is 1. The van der Waals surface area contributed by atoms with Crippen LogP contribution in [-0.4, -0.2) is 18.5 Å². The molecule has 0 saturated carbocycles. The van der Waals surface area contributed by atoms with Gasteiger partial charge in [-0.05, 0) is 12.3 Å². The first-order chi connectivity index (χ1) is 5.93. The minimum Gasteiger partial charge on any atom is -0.370 e. The Morgan fingerprint density at radius 2 is 2.08 bits per heavy atom. The zero-order valence-corrected chi connectivity index (χ0v) is 9.09. The SMILES string of the molecule is C=CCC(=O)C(OCC)C(C)(C)C. The molecule has 0 rings (SSSR count). The molecule has 76 valence electrons. The van der Waals surface area contributed by atoms with Gasteiger partial charge < -0.3 is 4.74 Å². The summed E-state index contributed by atoms with van der Waals surface area (Å²) in [5, 5.41) is 0. The molecule has 0 aliphatic carbocycles. The van der Waals surface area contributed by atoms with Crippen molar-refractivity contribution in [3.8, 4) is 0 Å². The van der Waals surface area contributed by atoms with Crippen LogP contribution < -0.4 is 0 Å². The summed E-state index contributed by atoms with van der Waals surface area (Å²) in [6, 6.07) is 0. The van der Waals surface area contributed by atoms with Crippen LogP contribution in [0.3, 0.4) is 0 Å². The summed E-state index contributed by atoms with van der Waals surface area (Å²) in [4.78, 5) is 11.6. The van der Waals surface area contributed by atoms with E-state index in [1.807, 2.05) is 27.7 Å². The fourth-order valence-electron chi connectivity index (χ4n) is 1.24. The first kappa shape index (κ1) is 12.4. The molecule has 0 amide bonds. The smallest absolute Gasteiger partial charge is 0.165 e. The maximum absolute atomic E-state index is 11.6. The molecule has 0 aromatic rings. The molecule has 0 bridgehead atoms. The van der Waals surface area contributed by atoms with Crippen LogP contribution in [-0.2, 0) is 9.53 Å². The van der Waals surface area contributed by atoms with Crippen LogP contribution in [0.4, 0.5) is 0 Å². The first-order valence-electron chi connectivity index (χ1n) is 4.68. The van der Waals surface area contributed by atoms with Crippen molar-refractivity contribution in [3.63, 3.8) is 0 Å². The summed E-state index contributed by atoms with van der Waals surface area (Å²) < 4.78 is 5.42. The summed E-state index contributed by atoms with van der Waals surface area (Å²) in [5.41, 5.74) is -0.129. The Balaban J connectivity index is 4.41. The monoisotopic (exact) mass is 184 g/mol. The van der Waals surface area contributed by atoms with Gasteiger partial charge in [0.1, 0.15) is 6.10 Å². The van der Waals surface area contributed by atoms with E-state index in [-0.39, 0.29) is 17.3 Å². The summed E-state index contributed by atoms with van der Waals surface area (Å²) in [5.74, 6) is 0.115. The standard InChI is InChI=1S/C11H20O2/c1-6-8-9(12)10(13-7-2)11(3,4)5/h6,10H,1,7-8H2,2-5H3. The predicted octanol–water partition coefficient (Wildman–Crippen LogP) is 2.58. The minimum absolute atomic E-state index is 0.115. The van der Waals surface area contributed by atoms with Crippen molar-refractivity contribution < 1.29 is 9.53 Å². The van der Waals surface area contributed by atoms with Crippen molar-refractivity contribution in [2.45, 2.75) is 40.2 Å². The van der Waals surface area contributed by atoms with Gasteiger partial charge in [0.2, 0.25) is 0 Å². The molecule has 1 atom stereocenters. The second-order valence-electron chi connectivity index (χ2n) is 4.16. The maximum atomic E-state index is 11.6. The van der Waals surface area contributed by atoms with E-state index >= 15 is 0 Å². The molecule has 0 heterocycles. The van der Waals surface area contributed by atoms with Crippen LogP contribution in [0.25, 0.3) is 0 Å². The lowest BCUT2D eigenvalue weighted by Crippen LogP contribution is -2.36. The van der Waals surface area contributed by atoms with Crippen molar-refractivity contribution in [1.29, 1.82) is 0 Å². The minimum atomic E-state index is -0.310. The molecule has 0 aliphatic heterocycles. The third kappa shape index (κ3) is 4.23. The summed E-state index contributed by atoms with van der Waals surface area (Å²) in [6.07, 6.45) is 1.71. The van der Waals surface area contributed by atoms with Gasteiger partial charge in [-0.3, -0.25) is 4.79 Å². The fraction of sp³-hybridized carbons (Fsp3) is 0.727. The molecule has 2 heteroatoms. The van der Waals surface area contributed by atoms with Gasteiger partial charge in [-0.25, -0.2) is 0 Å². The van der Waals surface area contributed by atoms with Crippen LogP contribution in [0.5, 0.6) is 0 Å². The molecular formula is C11H20O2. The van der Waals surface area contributed by atoms with Crippen molar-refractivity contribution >= 4 is 5.78 Å². The summed E-state index contributed by atoms with van der Waals surface area (Å²) >= 11 is 0. The van der Waals surface area contributed by atoms with Gasteiger partial charge in [0, 0.05) is 13.0 Å². The van der Waals surface area contributed by atoms with E-state index in [4.69, 9.17) is 4.74 Å². The van der Waals surface area contributed by atoms with Gasteiger partial charge in [0.25, 0.3) is 0 Å². The quantitative estimate of drug-likeness (QED) is 0.614. The van der Waals surface area contributed by atoms with Gasteiger partial charge in [-0.15, -0.1) is 6.58 Å². The Kier molecular flexibility index (Phi) is 4.92. The number of carbonyl (C=O) groups is 1. The van der Waals surface area contributed by atoms with Crippen molar-refractivity contribution in [2.24, 2.45) is 5.41 Å². The molecule has 0 aromatic carbocycles. The van der Waals surface area contributed by atoms with Gasteiger partial charge in [-0.1, -0.05) is 26.8 Å². The molecular weight excluding hydrogens is 164 g/mol. The highest BCUT2D eigenvalue weighted by Gasteiger charge is 2.30. The van der Waals surface area contributed by atoms with Crippen LogP contribution in [0.1, 0.15) is 34.1 Å². The summed E-state index contributed by atoms with van der Waals surface area (Å²) in [6.45, 7) is 12.1. The number of hydrogen-bond acceptors (Lipinski definition) is 2. The Hall–Kier alpha value is -0.630. The molecule has 2 nitrogen and oxygen atoms in total. The topological polar surface area (TPSA) is 26.3 Å². The van der Waals surface area contributed by atoms with E-state index in [1.165, 1.54) is 0 Å². The Bertz CT molecular complexity index is 177. The zero-order chi connectivity index (χ0) is 10.5. The number of carbonyl (C=O) groups excluding carboxylic acids is 1. The van der Waals surface area contributed by atoms with E-state index in [2.05, 4.69) is 6.58 Å². The number of ketones is 1. The normalized spacial score (nSPS) is 13.8. The Morgan fingerprint density at radius 3 is 2.38 bits per heavy atom. The van der Waals surface area contributed by atoms with Gasteiger partial charge >= 0.3 is 0 Å². The van der Waals surface area contributed by atoms with Crippen molar-refractivity contribution in [2.75, 3.05) is 6.61 Å². The van der Waals surface area contributed by atoms with Crippen LogP contribution in [0.2, 0.25) is 0 Å². The summed E-state index contributed by atoms with van der Waals surface area (Å²) in [7, 11) is 0. The highest BCUT2D eigenvalue weighted by molar-refractivity contribution is 5.85. The molecule has 0 aromatic heterocycles. The number of ether oxygens (including phenoxy) is 1. The molecule has 0 N–H and O–H groups in total. The van der Waals surface area contributed by atoms with Gasteiger partial charge in [0.15, 0.2) is 5.78 Å². The lowest BCUT2D eigenvalue weighted by molar-refractivity contribution is -0.136. The number of rotatable bonds is 5. The lowest BCUT2D eigenvalue weighted by atomic mass is 9.85. The number of hydrogen-bond donors (Lipinski definition) is 0. The number of Topliss-reactive ketones (excluding diaryl/α,β-unsaturated/α-hetero) is 1. The van der Waals surface area contributed by atoms with Crippen molar-refractivity contribution in [3.05, 3.63) is 12.7 Å². The fourth-order valence-corrected chi connectivity index (χ4v) is 1.24. The predicted molar refractivity (Wildman–Crippen MR) is 54.7 cm³/mol. The zero-order valence-electron chi connectivity index (χ0n) is 9.09. The lowest BCUT2D eigenvalue weighted by Gasteiger charge is -2.28. The molecule has 0 spiro atoms. The largest absolute Gasteiger partial charge is 0.370 e. The van der Waals surface area contributed by atoms with Crippen LogP contribution in [0.15, 0.2) is 12.7 Å². The molecule has 1 unspecified atom stereocenters. The second-order valence-corrected chi connectivity index (χ2v) is 4.16. The second kappa shape index (κ2) is 5.18. The van der Waals surface area contributed by atoms with E-state index < -0.39 is 0 Å². The average molecular weight is 184 g/mol.